The van der Waals surface area contributed by atoms with Crippen molar-refractivity contribution < 1.29 is 4.52 Å². The number of hydrogen-bond acceptors (Lipinski definition) is 6. The minimum Gasteiger partial charge on any atom is -0.337 e. The van der Waals surface area contributed by atoms with Crippen LogP contribution in [0.3, 0.4) is 0 Å². The molecule has 1 fully saturated rings. The Morgan fingerprint density at radius 2 is 2.44 bits per heavy atom. The molecule has 0 bridgehead atoms. The minimum absolute atomic E-state index is 0.451. The maximum atomic E-state index is 6.43. The Hall–Kier alpha value is -1.27. The van der Waals surface area contributed by atoms with Crippen LogP contribution in [-0.4, -0.2) is 15.1 Å². The second kappa shape index (κ2) is 4.44. The summed E-state index contributed by atoms with van der Waals surface area (Å²) in [6.07, 6.45) is 5.93. The van der Waals surface area contributed by atoms with E-state index in [4.69, 9.17) is 10.3 Å². The van der Waals surface area contributed by atoms with Gasteiger partial charge in [-0.1, -0.05) is 24.9 Å². The molecule has 3 rings (SSSR count). The number of nitrogens with two attached hydrogens (primary N) is 1. The molecule has 1 saturated carbocycles. The number of hydrogen-bond donors (Lipinski definition) is 1. The van der Waals surface area contributed by atoms with Crippen molar-refractivity contribution in [1.29, 1.82) is 0 Å². The molecule has 0 aromatic carbocycles. The zero-order chi connectivity index (χ0) is 12.6. The molecule has 2 aromatic heterocycles. The molecule has 0 saturated heterocycles. The van der Waals surface area contributed by atoms with Gasteiger partial charge < -0.3 is 10.3 Å². The van der Waals surface area contributed by atoms with Gasteiger partial charge in [-0.2, -0.15) is 4.98 Å². The fourth-order valence-corrected chi connectivity index (χ4v) is 3.18. The van der Waals surface area contributed by atoms with Crippen LogP contribution in [0.15, 0.2) is 16.2 Å². The second-order valence-corrected chi connectivity index (χ2v) is 6.03. The van der Waals surface area contributed by atoms with Crippen molar-refractivity contribution in [2.24, 2.45) is 11.7 Å². The van der Waals surface area contributed by atoms with Gasteiger partial charge in [-0.15, -0.1) is 11.3 Å². The van der Waals surface area contributed by atoms with Gasteiger partial charge in [0.1, 0.15) is 0 Å². The first-order valence-electron chi connectivity index (χ1n) is 6.19. The second-order valence-electron chi connectivity index (χ2n) is 5.15. The Labute approximate surface area is 109 Å². The molecule has 5 nitrogen and oxygen atoms in total. The molecule has 18 heavy (non-hydrogen) atoms. The maximum Gasteiger partial charge on any atom is 0.247 e. The van der Waals surface area contributed by atoms with Crippen LogP contribution >= 0.6 is 11.3 Å². The average Bonchev–Trinajstić information content (AvgIpc) is 3.00. The third kappa shape index (κ3) is 2.06. The lowest BCUT2D eigenvalue weighted by molar-refractivity contribution is 0.183. The molecule has 2 heterocycles. The fraction of sp³-hybridized carbons (Fsp3) is 0.583. The lowest BCUT2D eigenvalue weighted by atomic mass is 9.77. The SMILES string of the molecule is CC1CCCC(N)(c2nc(-c3cncs3)no2)C1. The maximum absolute atomic E-state index is 6.43. The van der Waals surface area contributed by atoms with Crippen LogP contribution in [0.4, 0.5) is 0 Å². The van der Waals surface area contributed by atoms with Crippen molar-refractivity contribution in [2.45, 2.75) is 38.1 Å². The van der Waals surface area contributed by atoms with Crippen LogP contribution in [0.25, 0.3) is 10.7 Å². The summed E-state index contributed by atoms with van der Waals surface area (Å²) >= 11 is 1.50. The number of rotatable bonds is 2. The van der Waals surface area contributed by atoms with Crippen LogP contribution in [0.5, 0.6) is 0 Å². The molecule has 96 valence electrons. The Bertz CT molecular complexity index is 524. The molecule has 6 heteroatoms. The predicted octanol–water partition coefficient (Wildman–Crippen LogP) is 2.56. The summed E-state index contributed by atoms with van der Waals surface area (Å²) in [7, 11) is 0. The average molecular weight is 264 g/mol. The predicted molar refractivity (Wildman–Crippen MR) is 68.9 cm³/mol. The van der Waals surface area contributed by atoms with E-state index in [-0.39, 0.29) is 0 Å². The monoisotopic (exact) mass is 264 g/mol. The highest BCUT2D eigenvalue weighted by Crippen LogP contribution is 2.37. The topological polar surface area (TPSA) is 77.8 Å². The standard InChI is InChI=1S/C12H16N4OS/c1-8-3-2-4-12(13,5-8)11-15-10(16-17-11)9-6-14-7-18-9/h6-8H,2-5,13H2,1H3. The lowest BCUT2D eigenvalue weighted by Gasteiger charge is -2.33. The highest BCUT2D eigenvalue weighted by Gasteiger charge is 2.37. The molecule has 0 radical (unpaired) electrons. The van der Waals surface area contributed by atoms with Crippen molar-refractivity contribution in [3.63, 3.8) is 0 Å². The summed E-state index contributed by atoms with van der Waals surface area (Å²) in [5, 5.41) is 4.01. The quantitative estimate of drug-likeness (QED) is 0.901. The van der Waals surface area contributed by atoms with Gasteiger partial charge in [-0.05, 0) is 18.8 Å². The third-order valence-electron chi connectivity index (χ3n) is 3.54. The molecule has 0 spiro atoms. The van der Waals surface area contributed by atoms with E-state index in [0.29, 0.717) is 17.6 Å². The summed E-state index contributed by atoms with van der Waals surface area (Å²) in [6.45, 7) is 2.22. The molecule has 1 aliphatic rings. The van der Waals surface area contributed by atoms with Crippen LogP contribution in [-0.2, 0) is 5.54 Å². The molecule has 2 N–H and O–H groups in total. The largest absolute Gasteiger partial charge is 0.337 e. The van der Waals surface area contributed by atoms with Gasteiger partial charge in [-0.3, -0.25) is 4.98 Å². The Morgan fingerprint density at radius 3 is 3.17 bits per heavy atom. The van der Waals surface area contributed by atoms with E-state index in [2.05, 4.69) is 22.0 Å². The van der Waals surface area contributed by atoms with Crippen LogP contribution < -0.4 is 5.73 Å². The van der Waals surface area contributed by atoms with Crippen molar-refractivity contribution in [1.82, 2.24) is 15.1 Å². The molecular formula is C12H16N4OS. The van der Waals surface area contributed by atoms with Gasteiger partial charge in [0.15, 0.2) is 0 Å². The molecule has 1 aliphatic carbocycles. The Balaban J connectivity index is 1.88. The van der Waals surface area contributed by atoms with Crippen LogP contribution in [0.1, 0.15) is 38.5 Å². The van der Waals surface area contributed by atoms with E-state index in [0.717, 1.165) is 24.1 Å². The van der Waals surface area contributed by atoms with Crippen molar-refractivity contribution in [3.05, 3.63) is 17.6 Å². The van der Waals surface area contributed by atoms with Crippen LogP contribution in [0, 0.1) is 5.92 Å². The van der Waals surface area contributed by atoms with Crippen LogP contribution in [0.2, 0.25) is 0 Å². The normalized spacial score (nSPS) is 28.4. The number of aromatic nitrogens is 3. The van der Waals surface area contributed by atoms with E-state index in [1.54, 1.807) is 11.7 Å². The fourth-order valence-electron chi connectivity index (χ4n) is 2.64. The highest BCUT2D eigenvalue weighted by atomic mass is 32.1. The minimum atomic E-state index is -0.451. The molecule has 2 unspecified atom stereocenters. The number of nitrogens with zero attached hydrogens (tertiary/aromatic N) is 3. The highest BCUT2D eigenvalue weighted by molar-refractivity contribution is 7.13. The van der Waals surface area contributed by atoms with Crippen molar-refractivity contribution in [2.75, 3.05) is 0 Å². The van der Waals surface area contributed by atoms with E-state index in [1.807, 2.05) is 0 Å². The van der Waals surface area contributed by atoms with Crippen molar-refractivity contribution in [3.8, 4) is 10.7 Å². The van der Waals surface area contributed by atoms with E-state index < -0.39 is 5.54 Å². The lowest BCUT2D eigenvalue weighted by Crippen LogP contribution is -2.41. The smallest absolute Gasteiger partial charge is 0.247 e. The molecule has 0 amide bonds. The van der Waals surface area contributed by atoms with Gasteiger partial charge in [0, 0.05) is 6.20 Å². The summed E-state index contributed by atoms with van der Waals surface area (Å²) in [5.74, 6) is 1.77. The summed E-state index contributed by atoms with van der Waals surface area (Å²) < 4.78 is 5.37. The summed E-state index contributed by atoms with van der Waals surface area (Å²) in [5.41, 5.74) is 7.73. The molecular weight excluding hydrogens is 248 g/mol. The van der Waals surface area contributed by atoms with Gasteiger partial charge in [0.25, 0.3) is 0 Å². The number of thiazole rings is 1. The van der Waals surface area contributed by atoms with Gasteiger partial charge >= 0.3 is 0 Å². The molecule has 2 atom stereocenters. The first-order chi connectivity index (χ1) is 8.67. The van der Waals surface area contributed by atoms with Crippen molar-refractivity contribution >= 4 is 11.3 Å². The zero-order valence-electron chi connectivity index (χ0n) is 10.3. The zero-order valence-corrected chi connectivity index (χ0v) is 11.1. The third-order valence-corrected chi connectivity index (χ3v) is 4.31. The van der Waals surface area contributed by atoms with Gasteiger partial charge in [0.2, 0.25) is 11.7 Å². The van der Waals surface area contributed by atoms with E-state index in [9.17, 15) is 0 Å². The summed E-state index contributed by atoms with van der Waals surface area (Å²) in [4.78, 5) is 9.38. The first kappa shape index (κ1) is 11.8. The summed E-state index contributed by atoms with van der Waals surface area (Å²) in [6, 6.07) is 0. The first-order valence-corrected chi connectivity index (χ1v) is 7.07. The van der Waals surface area contributed by atoms with E-state index in [1.165, 1.54) is 17.8 Å². The van der Waals surface area contributed by atoms with Gasteiger partial charge in [0.05, 0.1) is 15.9 Å². The molecule has 0 aliphatic heterocycles. The molecule has 2 aromatic rings. The Morgan fingerprint density at radius 1 is 1.56 bits per heavy atom. The van der Waals surface area contributed by atoms with Gasteiger partial charge in [-0.25, -0.2) is 0 Å². The van der Waals surface area contributed by atoms with E-state index >= 15 is 0 Å². The Kier molecular flexibility index (Phi) is 2.91.